The summed E-state index contributed by atoms with van der Waals surface area (Å²) < 4.78 is 118. The molecule has 1 aromatic carbocycles. The summed E-state index contributed by atoms with van der Waals surface area (Å²) in [6.45, 7) is 1.22. The Bertz CT molecular complexity index is 1180. The van der Waals surface area contributed by atoms with Gasteiger partial charge in [-0.3, -0.25) is 5.10 Å². The maximum Gasteiger partial charge on any atom is 0.416 e. The zero-order chi connectivity index (χ0) is 23.2. The standard InChI is InChI=1S/C17H17F5N2O5S2/c1-16(31(27,28)11-4-2-3-10(7-11)17(20,21)22)5-6-29-13(9-16)12-8-14(24-23-12)30(25,26)15(18)19/h2-4,7-8,13,15H,5-6,9H2,1H3,(H,23,24)/t13-,16+/m1/s1. The second-order valence-corrected chi connectivity index (χ2v) is 11.6. The minimum atomic E-state index is -4.97. The van der Waals surface area contributed by atoms with Gasteiger partial charge in [-0.15, -0.1) is 0 Å². The number of hydrogen-bond donors (Lipinski definition) is 1. The van der Waals surface area contributed by atoms with Crippen LogP contribution in [0.25, 0.3) is 0 Å². The Morgan fingerprint density at radius 1 is 1.19 bits per heavy atom. The molecule has 0 aliphatic carbocycles. The minimum Gasteiger partial charge on any atom is -0.372 e. The molecule has 3 rings (SSSR count). The molecule has 0 amide bonds. The molecule has 1 aliphatic rings. The Labute approximate surface area is 174 Å². The van der Waals surface area contributed by atoms with Crippen LogP contribution in [0, 0.1) is 0 Å². The average molecular weight is 488 g/mol. The fraction of sp³-hybridized carbons (Fsp3) is 0.471. The van der Waals surface area contributed by atoms with Crippen molar-refractivity contribution >= 4 is 19.7 Å². The van der Waals surface area contributed by atoms with E-state index in [4.69, 9.17) is 4.74 Å². The first-order valence-corrected chi connectivity index (χ1v) is 11.8. The van der Waals surface area contributed by atoms with E-state index in [-0.39, 0.29) is 25.1 Å². The van der Waals surface area contributed by atoms with Gasteiger partial charge in [0.05, 0.1) is 20.9 Å². The Morgan fingerprint density at radius 3 is 2.48 bits per heavy atom. The Hall–Kier alpha value is -2.06. The molecular formula is C17H17F5N2O5S2. The van der Waals surface area contributed by atoms with E-state index in [2.05, 4.69) is 10.2 Å². The number of halogens is 5. The first kappa shape index (κ1) is 23.6. The van der Waals surface area contributed by atoms with Crippen LogP contribution in [0.1, 0.15) is 37.1 Å². The van der Waals surface area contributed by atoms with Crippen molar-refractivity contribution in [3.05, 3.63) is 41.6 Å². The lowest BCUT2D eigenvalue weighted by Crippen LogP contribution is -2.42. The highest BCUT2D eigenvalue weighted by Crippen LogP contribution is 2.42. The molecule has 1 fully saturated rings. The van der Waals surface area contributed by atoms with Gasteiger partial charge in [-0.1, -0.05) is 6.07 Å². The van der Waals surface area contributed by atoms with E-state index in [9.17, 15) is 38.8 Å². The maximum atomic E-state index is 13.2. The molecule has 2 heterocycles. The number of alkyl halides is 5. The zero-order valence-corrected chi connectivity index (χ0v) is 17.5. The van der Waals surface area contributed by atoms with Gasteiger partial charge < -0.3 is 4.74 Å². The van der Waals surface area contributed by atoms with E-state index in [1.807, 2.05) is 0 Å². The van der Waals surface area contributed by atoms with Crippen LogP contribution >= 0.6 is 0 Å². The van der Waals surface area contributed by atoms with Crippen molar-refractivity contribution in [1.29, 1.82) is 0 Å². The second-order valence-electron chi connectivity index (χ2n) is 7.26. The smallest absolute Gasteiger partial charge is 0.372 e. The fourth-order valence-corrected chi connectivity index (χ4v) is 5.74. The molecule has 0 unspecified atom stereocenters. The molecule has 0 saturated carbocycles. The summed E-state index contributed by atoms with van der Waals surface area (Å²) in [4.78, 5) is -0.518. The minimum absolute atomic E-state index is 0.0376. The normalized spacial score (nSPS) is 23.3. The van der Waals surface area contributed by atoms with Crippen molar-refractivity contribution in [2.45, 2.75) is 52.5 Å². The number of nitrogens with one attached hydrogen (secondary N) is 1. The summed E-state index contributed by atoms with van der Waals surface area (Å²) >= 11 is 0. The van der Waals surface area contributed by atoms with Crippen molar-refractivity contribution in [2.75, 3.05) is 6.61 Å². The van der Waals surface area contributed by atoms with E-state index in [1.165, 1.54) is 6.92 Å². The molecule has 0 spiro atoms. The van der Waals surface area contributed by atoms with Gasteiger partial charge in [0.2, 0.25) is 0 Å². The third-order valence-electron chi connectivity index (χ3n) is 5.13. The van der Waals surface area contributed by atoms with Crippen molar-refractivity contribution in [1.82, 2.24) is 10.2 Å². The van der Waals surface area contributed by atoms with Crippen molar-refractivity contribution < 1.29 is 43.5 Å². The van der Waals surface area contributed by atoms with Crippen LogP contribution in [0.5, 0.6) is 0 Å². The van der Waals surface area contributed by atoms with Crippen molar-refractivity contribution in [3.63, 3.8) is 0 Å². The molecular weight excluding hydrogens is 471 g/mol. The number of aromatic amines is 1. The van der Waals surface area contributed by atoms with Gasteiger partial charge in [0, 0.05) is 12.7 Å². The van der Waals surface area contributed by atoms with E-state index in [0.717, 1.165) is 24.3 Å². The third kappa shape index (κ3) is 4.32. The fourth-order valence-electron chi connectivity index (χ4n) is 3.26. The predicted molar refractivity (Wildman–Crippen MR) is 96.7 cm³/mol. The second kappa shape index (κ2) is 7.81. The predicted octanol–water partition coefficient (Wildman–Crippen LogP) is 3.51. The van der Waals surface area contributed by atoms with Gasteiger partial charge >= 0.3 is 11.9 Å². The highest BCUT2D eigenvalue weighted by atomic mass is 32.2. The molecule has 1 aromatic heterocycles. The van der Waals surface area contributed by atoms with Gasteiger partial charge in [0.25, 0.3) is 9.84 Å². The number of aromatic nitrogens is 2. The van der Waals surface area contributed by atoms with Gasteiger partial charge in [-0.2, -0.15) is 27.1 Å². The van der Waals surface area contributed by atoms with Crippen LogP contribution < -0.4 is 0 Å². The number of hydrogen-bond acceptors (Lipinski definition) is 6. The lowest BCUT2D eigenvalue weighted by molar-refractivity contribution is -0.137. The van der Waals surface area contributed by atoms with Crippen LogP contribution in [0.3, 0.4) is 0 Å². The average Bonchev–Trinajstić information content (AvgIpc) is 3.18. The molecule has 1 saturated heterocycles. The Morgan fingerprint density at radius 2 is 1.87 bits per heavy atom. The maximum absolute atomic E-state index is 13.2. The van der Waals surface area contributed by atoms with Gasteiger partial charge in [0.1, 0.15) is 6.10 Å². The van der Waals surface area contributed by atoms with Crippen LogP contribution in [0.15, 0.2) is 40.3 Å². The molecule has 0 bridgehead atoms. The number of rotatable bonds is 5. The lowest BCUT2D eigenvalue weighted by Gasteiger charge is -2.37. The lowest BCUT2D eigenvalue weighted by atomic mass is 9.95. The van der Waals surface area contributed by atoms with E-state index in [1.54, 1.807) is 0 Å². The largest absolute Gasteiger partial charge is 0.416 e. The first-order chi connectivity index (χ1) is 14.2. The third-order valence-corrected chi connectivity index (χ3v) is 8.94. The van der Waals surface area contributed by atoms with Crippen LogP contribution in [0.2, 0.25) is 0 Å². The van der Waals surface area contributed by atoms with Gasteiger partial charge in [-0.25, -0.2) is 16.8 Å². The number of sulfone groups is 2. The number of benzene rings is 1. The van der Waals surface area contributed by atoms with Crippen LogP contribution in [0.4, 0.5) is 22.0 Å². The van der Waals surface area contributed by atoms with E-state index in [0.29, 0.717) is 6.07 Å². The Balaban J connectivity index is 1.93. The van der Waals surface area contributed by atoms with Crippen LogP contribution in [-0.2, 0) is 30.6 Å². The van der Waals surface area contributed by atoms with E-state index >= 15 is 0 Å². The number of H-pyrrole nitrogens is 1. The monoisotopic (exact) mass is 488 g/mol. The summed E-state index contributed by atoms with van der Waals surface area (Å²) in [5, 5.41) is 4.68. The summed E-state index contributed by atoms with van der Waals surface area (Å²) in [6.07, 6.45) is -6.08. The molecule has 2 aromatic rings. The van der Waals surface area contributed by atoms with Crippen molar-refractivity contribution in [2.24, 2.45) is 0 Å². The molecule has 14 heteroatoms. The molecule has 0 radical (unpaired) electrons. The highest BCUT2D eigenvalue weighted by molar-refractivity contribution is 7.92. The molecule has 172 valence electrons. The number of ether oxygens (including phenoxy) is 1. The molecule has 1 N–H and O–H groups in total. The highest BCUT2D eigenvalue weighted by Gasteiger charge is 2.46. The summed E-state index contributed by atoms with van der Waals surface area (Å²) in [6, 6.07) is 4.18. The Kier molecular flexibility index (Phi) is 5.95. The molecule has 7 nitrogen and oxygen atoms in total. The SMILES string of the molecule is C[C@]1(S(=O)(=O)c2cccc(C(F)(F)F)c2)CCO[C@@H](c2cc(S(=O)(=O)C(F)F)n[nH]2)C1. The molecule has 1 aliphatic heterocycles. The van der Waals surface area contributed by atoms with Gasteiger partial charge in [-0.05, 0) is 38.0 Å². The summed E-state index contributed by atoms with van der Waals surface area (Å²) in [5.74, 6) is -3.69. The van der Waals surface area contributed by atoms with Crippen LogP contribution in [-0.4, -0.2) is 44.1 Å². The molecule has 31 heavy (non-hydrogen) atoms. The first-order valence-electron chi connectivity index (χ1n) is 8.79. The molecule has 2 atom stereocenters. The topological polar surface area (TPSA) is 106 Å². The van der Waals surface area contributed by atoms with E-state index < -0.39 is 57.9 Å². The van der Waals surface area contributed by atoms with Gasteiger partial charge in [0.15, 0.2) is 14.9 Å². The quantitative estimate of drug-likeness (QED) is 0.646. The van der Waals surface area contributed by atoms with Crippen molar-refractivity contribution in [3.8, 4) is 0 Å². The number of nitrogens with zero attached hydrogens (tertiary/aromatic N) is 1. The summed E-state index contributed by atoms with van der Waals surface area (Å²) in [5.41, 5.74) is -1.15. The summed E-state index contributed by atoms with van der Waals surface area (Å²) in [7, 11) is -9.24. The zero-order valence-electron chi connectivity index (χ0n) is 15.9.